The number of fused-ring (bicyclic) bond motifs is 1. The fraction of sp³-hybridized carbons (Fsp3) is 0.800. The highest BCUT2D eigenvalue weighted by molar-refractivity contribution is 5.66. The molecule has 1 aliphatic heterocycles. The zero-order valence-electron chi connectivity index (χ0n) is 8.15. The van der Waals surface area contributed by atoms with Crippen molar-refractivity contribution in [3.8, 4) is 0 Å². The summed E-state index contributed by atoms with van der Waals surface area (Å²) in [7, 11) is 0. The predicted octanol–water partition coefficient (Wildman–Crippen LogP) is 1.23. The zero-order valence-corrected chi connectivity index (χ0v) is 8.15. The van der Waals surface area contributed by atoms with Gasteiger partial charge in [0.25, 0.3) is 0 Å². The van der Waals surface area contributed by atoms with Crippen LogP contribution in [-0.4, -0.2) is 23.3 Å². The second-order valence-electron chi connectivity index (χ2n) is 4.29. The number of carbonyl (C=O) groups is 1. The minimum atomic E-state index is -0.676. The van der Waals surface area contributed by atoms with E-state index in [2.05, 4.69) is 10.5 Å². The monoisotopic (exact) mass is 196 g/mol. The van der Waals surface area contributed by atoms with Crippen LogP contribution in [0.2, 0.25) is 0 Å². The van der Waals surface area contributed by atoms with Gasteiger partial charge in [0, 0.05) is 18.6 Å². The normalized spacial score (nSPS) is 35.0. The Kier molecular flexibility index (Phi) is 2.70. The number of hydrogen-bond acceptors (Lipinski definition) is 3. The summed E-state index contributed by atoms with van der Waals surface area (Å²) >= 11 is 0. The number of hydrazone groups is 1. The van der Waals surface area contributed by atoms with E-state index in [4.69, 9.17) is 5.11 Å². The zero-order chi connectivity index (χ0) is 9.97. The molecule has 0 amide bonds. The van der Waals surface area contributed by atoms with Crippen molar-refractivity contribution in [1.29, 1.82) is 0 Å². The van der Waals surface area contributed by atoms with E-state index < -0.39 is 5.97 Å². The summed E-state index contributed by atoms with van der Waals surface area (Å²) in [6.45, 7) is 0. The molecule has 2 N–H and O–H groups in total. The van der Waals surface area contributed by atoms with Gasteiger partial charge in [0.2, 0.25) is 0 Å². The third kappa shape index (κ3) is 2.05. The van der Waals surface area contributed by atoms with E-state index in [-0.39, 0.29) is 0 Å². The molecular weight excluding hydrogens is 180 g/mol. The predicted molar refractivity (Wildman–Crippen MR) is 53.1 cm³/mol. The average molecular weight is 196 g/mol. The molecule has 14 heavy (non-hydrogen) atoms. The van der Waals surface area contributed by atoms with Gasteiger partial charge in [0.05, 0.1) is 6.04 Å². The highest BCUT2D eigenvalue weighted by atomic mass is 16.4. The van der Waals surface area contributed by atoms with Gasteiger partial charge >= 0.3 is 5.97 Å². The first-order valence-electron chi connectivity index (χ1n) is 5.26. The molecule has 1 heterocycles. The van der Waals surface area contributed by atoms with Crippen LogP contribution in [0.15, 0.2) is 5.10 Å². The molecule has 0 spiro atoms. The fourth-order valence-electron chi connectivity index (χ4n) is 2.45. The van der Waals surface area contributed by atoms with Crippen molar-refractivity contribution in [2.45, 2.75) is 38.1 Å². The summed E-state index contributed by atoms with van der Waals surface area (Å²) in [4.78, 5) is 10.4. The van der Waals surface area contributed by atoms with Crippen molar-refractivity contribution in [3.05, 3.63) is 0 Å². The van der Waals surface area contributed by atoms with E-state index in [1.807, 2.05) is 6.21 Å². The van der Waals surface area contributed by atoms with E-state index in [0.29, 0.717) is 24.3 Å². The molecule has 0 aromatic heterocycles. The molecule has 78 valence electrons. The lowest BCUT2D eigenvalue weighted by atomic mass is 9.77. The summed E-state index contributed by atoms with van der Waals surface area (Å²) in [5, 5.41) is 12.7. The highest BCUT2D eigenvalue weighted by Gasteiger charge is 2.31. The maximum Gasteiger partial charge on any atom is 0.303 e. The van der Waals surface area contributed by atoms with E-state index in [0.717, 1.165) is 25.7 Å². The summed E-state index contributed by atoms with van der Waals surface area (Å²) in [6.07, 6.45) is 6.50. The molecule has 0 aromatic rings. The number of carboxylic acids is 1. The van der Waals surface area contributed by atoms with Crippen LogP contribution in [0.4, 0.5) is 0 Å². The Labute approximate surface area is 83.4 Å². The lowest BCUT2D eigenvalue weighted by Gasteiger charge is -2.29. The first kappa shape index (κ1) is 9.49. The molecule has 1 fully saturated rings. The van der Waals surface area contributed by atoms with Gasteiger partial charge < -0.3 is 10.5 Å². The summed E-state index contributed by atoms with van der Waals surface area (Å²) < 4.78 is 0. The van der Waals surface area contributed by atoms with Gasteiger partial charge in [-0.25, -0.2) is 0 Å². The summed E-state index contributed by atoms with van der Waals surface area (Å²) in [5.41, 5.74) is 3.10. The molecule has 0 bridgehead atoms. The minimum absolute atomic E-state index is 0.312. The molecular formula is C10H16N2O2. The first-order valence-corrected chi connectivity index (χ1v) is 5.26. The lowest BCUT2D eigenvalue weighted by Crippen LogP contribution is -2.33. The Morgan fingerprint density at radius 2 is 2.43 bits per heavy atom. The lowest BCUT2D eigenvalue weighted by molar-refractivity contribution is -0.137. The molecule has 2 aliphatic rings. The Morgan fingerprint density at radius 3 is 3.21 bits per heavy atom. The van der Waals surface area contributed by atoms with Gasteiger partial charge in [-0.2, -0.15) is 5.10 Å². The summed E-state index contributed by atoms with van der Waals surface area (Å²) in [6, 6.07) is 0.524. The maximum atomic E-state index is 10.4. The van der Waals surface area contributed by atoms with Crippen LogP contribution in [0.5, 0.6) is 0 Å². The Morgan fingerprint density at radius 1 is 1.57 bits per heavy atom. The number of hydrogen-bond donors (Lipinski definition) is 2. The SMILES string of the molecule is O=C(O)CCC1CCC2NN=CC2C1. The van der Waals surface area contributed by atoms with Crippen LogP contribution < -0.4 is 5.43 Å². The number of nitrogens with zero attached hydrogens (tertiary/aromatic N) is 1. The maximum absolute atomic E-state index is 10.4. The van der Waals surface area contributed by atoms with Crippen LogP contribution in [0.3, 0.4) is 0 Å². The largest absolute Gasteiger partial charge is 0.481 e. The molecule has 0 radical (unpaired) electrons. The summed E-state index contributed by atoms with van der Waals surface area (Å²) in [5.74, 6) is 0.451. The van der Waals surface area contributed by atoms with E-state index in [1.54, 1.807) is 0 Å². The third-order valence-corrected chi connectivity index (χ3v) is 3.28. The standard InChI is InChI=1S/C10H16N2O2/c13-10(14)4-2-7-1-3-9-8(5-7)6-11-12-9/h6-9,12H,1-5H2,(H,13,14). The van der Waals surface area contributed by atoms with E-state index in [1.165, 1.54) is 0 Å². The highest BCUT2D eigenvalue weighted by Crippen LogP contribution is 2.32. The Bertz CT molecular complexity index is 253. The molecule has 1 saturated carbocycles. The van der Waals surface area contributed by atoms with Crippen LogP contribution in [0, 0.1) is 11.8 Å². The number of nitrogens with one attached hydrogen (secondary N) is 1. The van der Waals surface area contributed by atoms with Gasteiger partial charge in [-0.1, -0.05) is 0 Å². The Hall–Kier alpha value is -1.06. The van der Waals surface area contributed by atoms with Gasteiger partial charge in [-0.3, -0.25) is 4.79 Å². The van der Waals surface area contributed by atoms with Crippen LogP contribution in [0.25, 0.3) is 0 Å². The average Bonchev–Trinajstić information content (AvgIpc) is 2.61. The third-order valence-electron chi connectivity index (χ3n) is 3.28. The molecule has 0 saturated heterocycles. The van der Waals surface area contributed by atoms with Gasteiger partial charge in [-0.15, -0.1) is 0 Å². The van der Waals surface area contributed by atoms with E-state index >= 15 is 0 Å². The van der Waals surface area contributed by atoms with Crippen molar-refractivity contribution in [2.75, 3.05) is 0 Å². The second-order valence-corrected chi connectivity index (χ2v) is 4.29. The number of carboxylic acid groups (broad SMARTS) is 1. The molecule has 3 atom stereocenters. The molecule has 2 rings (SSSR count). The molecule has 4 heteroatoms. The van der Waals surface area contributed by atoms with Crippen LogP contribution in [0.1, 0.15) is 32.1 Å². The Balaban J connectivity index is 1.79. The molecule has 3 unspecified atom stereocenters. The smallest absolute Gasteiger partial charge is 0.303 e. The number of rotatable bonds is 3. The molecule has 0 aromatic carbocycles. The number of aliphatic carboxylic acids is 1. The first-order chi connectivity index (χ1) is 6.75. The molecule has 1 aliphatic carbocycles. The van der Waals surface area contributed by atoms with Crippen LogP contribution >= 0.6 is 0 Å². The fourth-order valence-corrected chi connectivity index (χ4v) is 2.45. The van der Waals surface area contributed by atoms with Gasteiger partial charge in [0.15, 0.2) is 0 Å². The van der Waals surface area contributed by atoms with Crippen molar-refractivity contribution >= 4 is 12.2 Å². The topological polar surface area (TPSA) is 61.7 Å². The van der Waals surface area contributed by atoms with Crippen molar-refractivity contribution in [3.63, 3.8) is 0 Å². The van der Waals surface area contributed by atoms with Gasteiger partial charge in [-0.05, 0) is 31.6 Å². The minimum Gasteiger partial charge on any atom is -0.481 e. The quantitative estimate of drug-likeness (QED) is 0.713. The second kappa shape index (κ2) is 3.98. The van der Waals surface area contributed by atoms with Crippen molar-refractivity contribution in [1.82, 2.24) is 5.43 Å². The van der Waals surface area contributed by atoms with E-state index in [9.17, 15) is 4.79 Å². The van der Waals surface area contributed by atoms with Crippen molar-refractivity contribution < 1.29 is 9.90 Å². The van der Waals surface area contributed by atoms with Gasteiger partial charge in [0.1, 0.15) is 0 Å². The van der Waals surface area contributed by atoms with Crippen LogP contribution in [-0.2, 0) is 4.79 Å². The molecule has 4 nitrogen and oxygen atoms in total. The van der Waals surface area contributed by atoms with Crippen molar-refractivity contribution in [2.24, 2.45) is 16.9 Å².